The first-order valence-corrected chi connectivity index (χ1v) is 12.8. The van der Waals surface area contributed by atoms with E-state index in [0.29, 0.717) is 44.2 Å². The van der Waals surface area contributed by atoms with Crippen molar-refractivity contribution in [2.24, 2.45) is 11.8 Å². The van der Waals surface area contributed by atoms with Crippen LogP contribution >= 0.6 is 0 Å². The molecule has 1 aromatic heterocycles. The molecule has 4 rings (SSSR count). The summed E-state index contributed by atoms with van der Waals surface area (Å²) in [5.41, 5.74) is 1.38. The van der Waals surface area contributed by atoms with Gasteiger partial charge < -0.3 is 15.0 Å². The van der Waals surface area contributed by atoms with Crippen LogP contribution in [0.4, 0.5) is 5.82 Å². The van der Waals surface area contributed by atoms with Gasteiger partial charge in [-0.3, -0.25) is 14.3 Å². The standard InChI is InChI=1S/C27H35N5O3/c1-20(22-10-6-3-7-11-22)32-19-24(18-28)26(30-32)29-27(34)23(16-21-8-4-2-5-9-21)17-25(33)31-12-14-35-15-13-31/h3,6-7,10-11,19-21,23H,2,4-5,8-9,12-17H2,1H3,(H,29,30,34)/t20?,23-/m1/s1. The van der Waals surface area contributed by atoms with E-state index in [-0.39, 0.29) is 30.1 Å². The molecule has 2 amide bonds. The normalized spacial score (nSPS) is 18.5. The van der Waals surface area contributed by atoms with Gasteiger partial charge in [0.1, 0.15) is 11.6 Å². The van der Waals surface area contributed by atoms with E-state index in [4.69, 9.17) is 4.74 Å². The Balaban J connectivity index is 1.49. The summed E-state index contributed by atoms with van der Waals surface area (Å²) in [7, 11) is 0. The number of carbonyl (C=O) groups is 2. The molecule has 2 aromatic rings. The van der Waals surface area contributed by atoms with E-state index in [0.717, 1.165) is 18.4 Å². The van der Waals surface area contributed by atoms with Crippen LogP contribution in [-0.2, 0) is 14.3 Å². The van der Waals surface area contributed by atoms with Crippen LogP contribution in [0.3, 0.4) is 0 Å². The molecule has 186 valence electrons. The summed E-state index contributed by atoms with van der Waals surface area (Å²) in [4.78, 5) is 28.2. The fourth-order valence-corrected chi connectivity index (χ4v) is 5.13. The van der Waals surface area contributed by atoms with Crippen LogP contribution in [0.5, 0.6) is 0 Å². The minimum Gasteiger partial charge on any atom is -0.378 e. The highest BCUT2D eigenvalue weighted by Gasteiger charge is 2.30. The third-order valence-corrected chi connectivity index (χ3v) is 7.27. The zero-order valence-electron chi connectivity index (χ0n) is 20.5. The van der Waals surface area contributed by atoms with E-state index in [1.165, 1.54) is 19.3 Å². The molecule has 1 N–H and O–H groups in total. The monoisotopic (exact) mass is 477 g/mol. The molecule has 1 saturated heterocycles. The number of hydrogen-bond acceptors (Lipinski definition) is 5. The summed E-state index contributed by atoms with van der Waals surface area (Å²) >= 11 is 0. The van der Waals surface area contributed by atoms with Crippen LogP contribution in [0, 0.1) is 23.2 Å². The van der Waals surface area contributed by atoms with Gasteiger partial charge in [0.2, 0.25) is 11.8 Å². The van der Waals surface area contributed by atoms with Crippen molar-refractivity contribution in [1.82, 2.24) is 14.7 Å². The highest BCUT2D eigenvalue weighted by atomic mass is 16.5. The van der Waals surface area contributed by atoms with Crippen molar-refractivity contribution in [3.8, 4) is 6.07 Å². The van der Waals surface area contributed by atoms with Crippen molar-refractivity contribution in [2.45, 2.75) is 57.9 Å². The molecule has 0 spiro atoms. The molecule has 35 heavy (non-hydrogen) atoms. The van der Waals surface area contributed by atoms with Crippen LogP contribution < -0.4 is 5.32 Å². The summed E-state index contributed by atoms with van der Waals surface area (Å²) in [6.07, 6.45) is 8.32. The summed E-state index contributed by atoms with van der Waals surface area (Å²) < 4.78 is 7.07. The Hall–Kier alpha value is -3.18. The van der Waals surface area contributed by atoms with Gasteiger partial charge in [-0.25, -0.2) is 0 Å². The van der Waals surface area contributed by atoms with Crippen LogP contribution in [0.15, 0.2) is 36.5 Å². The van der Waals surface area contributed by atoms with E-state index in [2.05, 4.69) is 16.5 Å². The highest BCUT2D eigenvalue weighted by molar-refractivity contribution is 5.95. The second kappa shape index (κ2) is 12.0. The molecule has 2 fully saturated rings. The quantitative estimate of drug-likeness (QED) is 0.616. The van der Waals surface area contributed by atoms with Crippen molar-refractivity contribution in [1.29, 1.82) is 5.26 Å². The van der Waals surface area contributed by atoms with Crippen molar-refractivity contribution in [3.63, 3.8) is 0 Å². The summed E-state index contributed by atoms with van der Waals surface area (Å²) in [6.45, 7) is 4.21. The van der Waals surface area contributed by atoms with Crippen molar-refractivity contribution in [3.05, 3.63) is 47.7 Å². The number of benzene rings is 1. The van der Waals surface area contributed by atoms with Gasteiger partial charge in [-0.2, -0.15) is 10.4 Å². The number of anilines is 1. The lowest BCUT2D eigenvalue weighted by molar-refractivity contribution is -0.138. The Labute approximate surface area is 207 Å². The molecule has 1 aliphatic carbocycles. The molecule has 8 heteroatoms. The van der Waals surface area contributed by atoms with Crippen LogP contribution in [-0.4, -0.2) is 52.8 Å². The predicted octanol–water partition coefficient (Wildman–Crippen LogP) is 4.14. The molecule has 2 heterocycles. The summed E-state index contributed by atoms with van der Waals surface area (Å²) in [5.74, 6) is 0.0202. The SMILES string of the molecule is CC(c1ccccc1)n1cc(C#N)c(NC(=O)[C@@H](CC(=O)N2CCOCC2)CC2CCCCC2)n1. The Morgan fingerprint density at radius 1 is 1.17 bits per heavy atom. The van der Waals surface area contributed by atoms with Crippen LogP contribution in [0.1, 0.15) is 69.0 Å². The first-order chi connectivity index (χ1) is 17.0. The van der Waals surface area contributed by atoms with Gasteiger partial charge in [-0.1, -0.05) is 62.4 Å². The smallest absolute Gasteiger partial charge is 0.229 e. The molecule has 8 nitrogen and oxygen atoms in total. The third kappa shape index (κ3) is 6.49. The van der Waals surface area contributed by atoms with Gasteiger partial charge in [0.15, 0.2) is 5.82 Å². The molecule has 1 saturated carbocycles. The topological polar surface area (TPSA) is 100 Å². The Morgan fingerprint density at radius 2 is 1.89 bits per heavy atom. The maximum Gasteiger partial charge on any atom is 0.229 e. The molecule has 0 bridgehead atoms. The second-order valence-corrected chi connectivity index (χ2v) is 9.69. The maximum atomic E-state index is 13.5. The fourth-order valence-electron chi connectivity index (χ4n) is 5.13. The Bertz CT molecular complexity index is 1030. The maximum absolute atomic E-state index is 13.5. The van der Waals surface area contributed by atoms with Crippen molar-refractivity contribution >= 4 is 17.6 Å². The van der Waals surface area contributed by atoms with E-state index in [1.807, 2.05) is 37.3 Å². The zero-order chi connectivity index (χ0) is 24.6. The van der Waals surface area contributed by atoms with Gasteiger partial charge >= 0.3 is 0 Å². The number of nitrogens with zero attached hydrogens (tertiary/aromatic N) is 4. The summed E-state index contributed by atoms with van der Waals surface area (Å²) in [5, 5.41) is 17.1. The molecule has 0 radical (unpaired) electrons. The van der Waals surface area contributed by atoms with Crippen molar-refractivity contribution < 1.29 is 14.3 Å². The van der Waals surface area contributed by atoms with Crippen LogP contribution in [0.25, 0.3) is 0 Å². The minimum absolute atomic E-state index is 0.00649. The number of carbonyl (C=O) groups excluding carboxylic acids is 2. The number of morpholine rings is 1. The van der Waals surface area contributed by atoms with E-state index < -0.39 is 5.92 Å². The first kappa shape index (κ1) is 24.9. The number of amides is 2. The van der Waals surface area contributed by atoms with Gasteiger partial charge in [0, 0.05) is 31.6 Å². The zero-order valence-corrected chi connectivity index (χ0v) is 20.5. The molecule has 1 aromatic carbocycles. The first-order valence-electron chi connectivity index (χ1n) is 12.8. The molecule has 1 unspecified atom stereocenters. The number of hydrogen-bond donors (Lipinski definition) is 1. The number of ether oxygens (including phenoxy) is 1. The lowest BCUT2D eigenvalue weighted by atomic mass is 9.81. The number of aromatic nitrogens is 2. The van der Waals surface area contributed by atoms with Gasteiger partial charge in [-0.05, 0) is 24.8 Å². The fraction of sp³-hybridized carbons (Fsp3) is 0.556. The Kier molecular flexibility index (Phi) is 8.54. The molecule has 2 aliphatic rings. The number of nitriles is 1. The minimum atomic E-state index is -0.448. The largest absolute Gasteiger partial charge is 0.378 e. The van der Waals surface area contributed by atoms with E-state index >= 15 is 0 Å². The van der Waals surface area contributed by atoms with E-state index in [1.54, 1.807) is 15.8 Å². The lowest BCUT2D eigenvalue weighted by Gasteiger charge is -2.30. The van der Waals surface area contributed by atoms with Crippen LogP contribution in [0.2, 0.25) is 0 Å². The average Bonchev–Trinajstić information content (AvgIpc) is 3.32. The summed E-state index contributed by atoms with van der Waals surface area (Å²) in [6, 6.07) is 12.0. The average molecular weight is 478 g/mol. The molecular formula is C27H35N5O3. The molecule has 2 atom stereocenters. The lowest BCUT2D eigenvalue weighted by Crippen LogP contribution is -2.42. The number of rotatable bonds is 8. The number of nitrogens with one attached hydrogen (secondary N) is 1. The van der Waals surface area contributed by atoms with Crippen molar-refractivity contribution in [2.75, 3.05) is 31.6 Å². The van der Waals surface area contributed by atoms with E-state index in [9.17, 15) is 14.9 Å². The second-order valence-electron chi connectivity index (χ2n) is 9.69. The van der Waals surface area contributed by atoms with Gasteiger partial charge in [-0.15, -0.1) is 0 Å². The van der Waals surface area contributed by atoms with Gasteiger partial charge in [0.05, 0.1) is 19.3 Å². The Morgan fingerprint density at radius 3 is 2.57 bits per heavy atom. The third-order valence-electron chi connectivity index (χ3n) is 7.27. The highest BCUT2D eigenvalue weighted by Crippen LogP contribution is 2.31. The van der Waals surface area contributed by atoms with Gasteiger partial charge in [0.25, 0.3) is 0 Å². The predicted molar refractivity (Wildman–Crippen MR) is 133 cm³/mol. The molecular weight excluding hydrogens is 442 g/mol. The molecule has 1 aliphatic heterocycles.